The zero-order chi connectivity index (χ0) is 20.6. The summed E-state index contributed by atoms with van der Waals surface area (Å²) in [5, 5.41) is 2.70. The molecule has 0 aliphatic carbocycles. The van der Waals surface area contributed by atoms with Gasteiger partial charge in [0.1, 0.15) is 6.54 Å². The predicted molar refractivity (Wildman–Crippen MR) is 113 cm³/mol. The molecule has 1 N–H and O–H groups in total. The fraction of sp³-hybridized carbons (Fsp3) is 0.222. The molecule has 1 amide bonds. The van der Waals surface area contributed by atoms with Crippen LogP contribution in [0.4, 0.5) is 11.4 Å². The quantitative estimate of drug-likeness (QED) is 0.622. The average Bonchev–Trinajstić information content (AvgIpc) is 2.84. The van der Waals surface area contributed by atoms with Crippen molar-refractivity contribution in [3.05, 3.63) is 57.4 Å². The number of aromatic nitrogens is 2. The standard InChI is InChI=1S/C18H19BrN4O4S/c1-21-15-9-8-12(10-16(15)22(2)18(21)25)20-17(24)11-23(28(3,26)27)14-7-5-4-6-13(14)19/h4-10H,11H2,1-3H3,(H,20,24). The van der Waals surface area contributed by atoms with Crippen molar-refractivity contribution in [2.24, 2.45) is 14.1 Å². The second-order valence-corrected chi connectivity index (χ2v) is 9.13. The third-order valence-electron chi connectivity index (χ3n) is 4.36. The van der Waals surface area contributed by atoms with Gasteiger partial charge in [0.05, 0.1) is 23.0 Å². The number of hydrogen-bond acceptors (Lipinski definition) is 4. The maximum Gasteiger partial charge on any atom is 0.328 e. The van der Waals surface area contributed by atoms with Crippen molar-refractivity contribution in [3.63, 3.8) is 0 Å². The number of carbonyl (C=O) groups excluding carboxylic acids is 1. The minimum atomic E-state index is -3.68. The molecule has 2 aromatic carbocycles. The van der Waals surface area contributed by atoms with Gasteiger partial charge in [0.25, 0.3) is 0 Å². The fourth-order valence-corrected chi connectivity index (χ4v) is 4.44. The van der Waals surface area contributed by atoms with Crippen molar-refractivity contribution in [2.45, 2.75) is 0 Å². The molecule has 3 aromatic rings. The third kappa shape index (κ3) is 3.83. The van der Waals surface area contributed by atoms with Gasteiger partial charge in [-0.1, -0.05) is 12.1 Å². The molecule has 0 radical (unpaired) electrons. The number of nitrogens with zero attached hydrogens (tertiary/aromatic N) is 3. The van der Waals surface area contributed by atoms with Crippen LogP contribution in [-0.4, -0.2) is 36.3 Å². The van der Waals surface area contributed by atoms with E-state index in [-0.39, 0.29) is 12.2 Å². The lowest BCUT2D eigenvalue weighted by Gasteiger charge is -2.23. The lowest BCUT2D eigenvalue weighted by atomic mass is 10.2. The molecule has 1 heterocycles. The van der Waals surface area contributed by atoms with Gasteiger partial charge in [-0.2, -0.15) is 0 Å². The highest BCUT2D eigenvalue weighted by Crippen LogP contribution is 2.27. The van der Waals surface area contributed by atoms with Crippen molar-refractivity contribution in [1.29, 1.82) is 0 Å². The molecule has 0 spiro atoms. The summed E-state index contributed by atoms with van der Waals surface area (Å²) >= 11 is 3.32. The van der Waals surface area contributed by atoms with Gasteiger partial charge in [-0.05, 0) is 46.3 Å². The van der Waals surface area contributed by atoms with Gasteiger partial charge in [-0.3, -0.25) is 18.2 Å². The minimum Gasteiger partial charge on any atom is -0.324 e. The molecule has 8 nitrogen and oxygen atoms in total. The molecular formula is C18H19BrN4O4S. The molecule has 0 aliphatic rings. The Balaban J connectivity index is 1.88. The predicted octanol–water partition coefficient (Wildman–Crippen LogP) is 2.04. The lowest BCUT2D eigenvalue weighted by Crippen LogP contribution is -2.37. The van der Waals surface area contributed by atoms with Crippen LogP contribution in [0.5, 0.6) is 0 Å². The summed E-state index contributed by atoms with van der Waals surface area (Å²) in [6.45, 7) is -0.382. The van der Waals surface area contributed by atoms with Gasteiger partial charge in [-0.15, -0.1) is 0 Å². The smallest absolute Gasteiger partial charge is 0.324 e. The van der Waals surface area contributed by atoms with E-state index in [1.54, 1.807) is 56.6 Å². The van der Waals surface area contributed by atoms with Gasteiger partial charge >= 0.3 is 5.69 Å². The summed E-state index contributed by atoms with van der Waals surface area (Å²) in [6, 6.07) is 11.8. The van der Waals surface area contributed by atoms with Crippen LogP contribution in [-0.2, 0) is 28.9 Å². The second kappa shape index (κ2) is 7.44. The number of rotatable bonds is 5. The number of fused-ring (bicyclic) bond motifs is 1. The van der Waals surface area contributed by atoms with Gasteiger partial charge in [0.2, 0.25) is 15.9 Å². The topological polar surface area (TPSA) is 93.4 Å². The Labute approximate surface area is 170 Å². The summed E-state index contributed by atoms with van der Waals surface area (Å²) in [7, 11) is -0.359. The first-order chi connectivity index (χ1) is 13.1. The third-order valence-corrected chi connectivity index (χ3v) is 6.16. The van der Waals surface area contributed by atoms with E-state index in [0.717, 1.165) is 16.1 Å². The largest absolute Gasteiger partial charge is 0.328 e. The SMILES string of the molecule is Cn1c(=O)n(C)c2cc(NC(=O)CN(c3ccccc3Br)S(C)(=O)=O)ccc21. The molecule has 148 valence electrons. The number of amides is 1. The number of aryl methyl sites for hydroxylation is 2. The number of halogens is 1. The second-order valence-electron chi connectivity index (χ2n) is 6.37. The molecule has 3 rings (SSSR count). The maximum atomic E-state index is 12.5. The van der Waals surface area contributed by atoms with Crippen LogP contribution in [0.1, 0.15) is 0 Å². The minimum absolute atomic E-state index is 0.171. The molecular weight excluding hydrogens is 448 g/mol. The van der Waals surface area contributed by atoms with E-state index >= 15 is 0 Å². The van der Waals surface area contributed by atoms with E-state index in [1.165, 1.54) is 9.13 Å². The Morgan fingerprint density at radius 1 is 1.11 bits per heavy atom. The molecule has 28 heavy (non-hydrogen) atoms. The Hall–Kier alpha value is -2.59. The molecule has 0 bridgehead atoms. The van der Waals surface area contributed by atoms with E-state index in [0.29, 0.717) is 21.4 Å². The Bertz CT molecular complexity index is 1230. The van der Waals surface area contributed by atoms with Crippen LogP contribution in [0.15, 0.2) is 51.7 Å². The zero-order valence-corrected chi connectivity index (χ0v) is 17.9. The number of carbonyl (C=O) groups is 1. The number of nitrogens with one attached hydrogen (secondary N) is 1. The van der Waals surface area contributed by atoms with Gasteiger partial charge in [0, 0.05) is 24.3 Å². The summed E-state index contributed by atoms with van der Waals surface area (Å²) in [5.41, 5.74) is 2.07. The van der Waals surface area contributed by atoms with Crippen LogP contribution >= 0.6 is 15.9 Å². The first-order valence-electron chi connectivity index (χ1n) is 8.27. The molecule has 0 saturated heterocycles. The lowest BCUT2D eigenvalue weighted by molar-refractivity contribution is -0.114. The number of sulfonamides is 1. The van der Waals surface area contributed by atoms with Gasteiger partial charge < -0.3 is 5.32 Å². The highest BCUT2D eigenvalue weighted by Gasteiger charge is 2.22. The summed E-state index contributed by atoms with van der Waals surface area (Å²) in [5.74, 6) is -0.499. The summed E-state index contributed by atoms with van der Waals surface area (Å²) in [6.07, 6.45) is 1.05. The Morgan fingerprint density at radius 2 is 1.75 bits per heavy atom. The number of imidazole rings is 1. The van der Waals surface area contributed by atoms with Gasteiger partial charge in [0.15, 0.2) is 0 Å². The van der Waals surface area contributed by atoms with Crippen molar-refractivity contribution in [3.8, 4) is 0 Å². The molecule has 1 aromatic heterocycles. The monoisotopic (exact) mass is 466 g/mol. The molecule has 0 saturated carbocycles. The van der Waals surface area contributed by atoms with Crippen LogP contribution in [0.2, 0.25) is 0 Å². The van der Waals surface area contributed by atoms with Crippen LogP contribution in [0, 0.1) is 0 Å². The molecule has 0 atom stereocenters. The van der Waals surface area contributed by atoms with Crippen molar-refractivity contribution in [2.75, 3.05) is 22.4 Å². The maximum absolute atomic E-state index is 12.5. The highest BCUT2D eigenvalue weighted by molar-refractivity contribution is 9.10. The normalized spacial score (nSPS) is 11.6. The van der Waals surface area contributed by atoms with Crippen LogP contribution in [0.25, 0.3) is 11.0 Å². The molecule has 10 heteroatoms. The van der Waals surface area contributed by atoms with E-state index in [9.17, 15) is 18.0 Å². The number of benzene rings is 2. The molecule has 0 aliphatic heterocycles. The van der Waals surface area contributed by atoms with Crippen LogP contribution < -0.4 is 15.3 Å². The average molecular weight is 467 g/mol. The van der Waals surface area contributed by atoms with E-state index in [2.05, 4.69) is 21.2 Å². The first kappa shape index (κ1) is 20.2. The Morgan fingerprint density at radius 3 is 2.39 bits per heavy atom. The van der Waals surface area contributed by atoms with E-state index < -0.39 is 15.9 Å². The van der Waals surface area contributed by atoms with E-state index in [4.69, 9.17) is 0 Å². The zero-order valence-electron chi connectivity index (χ0n) is 15.5. The summed E-state index contributed by atoms with van der Waals surface area (Å²) < 4.78 is 29.0. The summed E-state index contributed by atoms with van der Waals surface area (Å²) in [4.78, 5) is 24.6. The molecule has 0 fully saturated rings. The van der Waals surface area contributed by atoms with E-state index in [1.807, 2.05) is 0 Å². The van der Waals surface area contributed by atoms with Gasteiger partial charge in [-0.25, -0.2) is 13.2 Å². The van der Waals surface area contributed by atoms with Crippen molar-refractivity contribution in [1.82, 2.24) is 9.13 Å². The number of anilines is 2. The number of hydrogen-bond donors (Lipinski definition) is 1. The highest BCUT2D eigenvalue weighted by atomic mass is 79.9. The fourth-order valence-electron chi connectivity index (χ4n) is 2.95. The van der Waals surface area contributed by atoms with Crippen molar-refractivity contribution < 1.29 is 13.2 Å². The van der Waals surface area contributed by atoms with Crippen molar-refractivity contribution >= 4 is 54.3 Å². The first-order valence-corrected chi connectivity index (χ1v) is 10.9. The molecule has 0 unspecified atom stereocenters. The Kier molecular flexibility index (Phi) is 5.35. The number of para-hydroxylation sites is 1. The van der Waals surface area contributed by atoms with Crippen LogP contribution in [0.3, 0.4) is 0 Å².